The molecule has 0 amide bonds. The lowest BCUT2D eigenvalue weighted by Crippen LogP contribution is -2.23. The molecule has 1 aromatic rings. The van der Waals surface area contributed by atoms with Gasteiger partial charge in [-0.05, 0) is 19.9 Å². The molecule has 1 heterocycles. The second-order valence-corrected chi connectivity index (χ2v) is 3.55. The van der Waals surface area contributed by atoms with Crippen molar-refractivity contribution >= 4 is 0 Å². The van der Waals surface area contributed by atoms with Gasteiger partial charge in [0, 0.05) is 6.54 Å². The standard InChI is InChI=1S/C12H21N3O/c1-5-8-10(13-6-2)12-11(16-4)9-14-15(12)7-3/h5,9-10,13H,1,6-8H2,2-4H3. The second kappa shape index (κ2) is 6.33. The summed E-state index contributed by atoms with van der Waals surface area (Å²) in [5.74, 6) is 0.842. The van der Waals surface area contributed by atoms with Crippen LogP contribution in [0, 0.1) is 0 Å². The highest BCUT2D eigenvalue weighted by molar-refractivity contribution is 5.28. The van der Waals surface area contributed by atoms with Gasteiger partial charge in [-0.2, -0.15) is 5.10 Å². The van der Waals surface area contributed by atoms with Gasteiger partial charge in [0.2, 0.25) is 0 Å². The first kappa shape index (κ1) is 12.8. The van der Waals surface area contributed by atoms with E-state index >= 15 is 0 Å². The molecule has 0 aliphatic heterocycles. The third-order valence-electron chi connectivity index (χ3n) is 2.55. The minimum atomic E-state index is 0.222. The summed E-state index contributed by atoms with van der Waals surface area (Å²) in [5, 5.41) is 7.73. The lowest BCUT2D eigenvalue weighted by Gasteiger charge is -2.18. The fourth-order valence-corrected chi connectivity index (χ4v) is 1.84. The highest BCUT2D eigenvalue weighted by Gasteiger charge is 2.19. The molecule has 1 N–H and O–H groups in total. The molecular formula is C12H21N3O. The van der Waals surface area contributed by atoms with Gasteiger partial charge in [-0.15, -0.1) is 6.58 Å². The van der Waals surface area contributed by atoms with E-state index in [1.54, 1.807) is 13.3 Å². The summed E-state index contributed by atoms with van der Waals surface area (Å²) in [7, 11) is 1.68. The number of ether oxygens (including phenoxy) is 1. The first-order chi connectivity index (χ1) is 7.78. The third kappa shape index (κ3) is 2.64. The van der Waals surface area contributed by atoms with Crippen LogP contribution in [0.2, 0.25) is 0 Å². The average molecular weight is 223 g/mol. The molecule has 0 radical (unpaired) electrons. The van der Waals surface area contributed by atoms with E-state index in [9.17, 15) is 0 Å². The average Bonchev–Trinajstić information content (AvgIpc) is 2.71. The largest absolute Gasteiger partial charge is 0.493 e. The Bertz CT molecular complexity index is 312. The first-order valence-electron chi connectivity index (χ1n) is 5.72. The molecule has 0 saturated carbocycles. The van der Waals surface area contributed by atoms with Crippen molar-refractivity contribution in [2.75, 3.05) is 13.7 Å². The minimum Gasteiger partial charge on any atom is -0.493 e. The summed E-state index contributed by atoms with van der Waals surface area (Å²) in [5.41, 5.74) is 1.10. The maximum atomic E-state index is 5.34. The van der Waals surface area contributed by atoms with Crippen molar-refractivity contribution in [1.29, 1.82) is 0 Å². The van der Waals surface area contributed by atoms with Crippen molar-refractivity contribution in [2.24, 2.45) is 0 Å². The smallest absolute Gasteiger partial charge is 0.161 e. The number of methoxy groups -OCH3 is 1. The van der Waals surface area contributed by atoms with Crippen LogP contribution in [-0.2, 0) is 6.54 Å². The molecule has 0 fully saturated rings. The van der Waals surface area contributed by atoms with E-state index in [1.165, 1.54) is 0 Å². The van der Waals surface area contributed by atoms with Crippen molar-refractivity contribution in [3.63, 3.8) is 0 Å². The number of nitrogens with zero attached hydrogens (tertiary/aromatic N) is 2. The molecule has 1 atom stereocenters. The van der Waals surface area contributed by atoms with Crippen molar-refractivity contribution in [1.82, 2.24) is 15.1 Å². The lowest BCUT2D eigenvalue weighted by molar-refractivity contribution is 0.392. The van der Waals surface area contributed by atoms with Gasteiger partial charge in [0.25, 0.3) is 0 Å². The molecule has 1 aromatic heterocycles. The van der Waals surface area contributed by atoms with E-state index < -0.39 is 0 Å². The van der Waals surface area contributed by atoms with Crippen molar-refractivity contribution < 1.29 is 4.74 Å². The van der Waals surface area contributed by atoms with Crippen molar-refractivity contribution in [3.8, 4) is 5.75 Å². The summed E-state index contributed by atoms with van der Waals surface area (Å²) in [4.78, 5) is 0. The van der Waals surface area contributed by atoms with Gasteiger partial charge in [0.1, 0.15) is 0 Å². The molecule has 0 aliphatic carbocycles. The zero-order valence-corrected chi connectivity index (χ0v) is 10.4. The number of aryl methyl sites for hydroxylation is 1. The van der Waals surface area contributed by atoms with Crippen LogP contribution in [0.15, 0.2) is 18.9 Å². The van der Waals surface area contributed by atoms with Crippen LogP contribution in [0.25, 0.3) is 0 Å². The van der Waals surface area contributed by atoms with Crippen molar-refractivity contribution in [2.45, 2.75) is 32.9 Å². The van der Waals surface area contributed by atoms with E-state index in [0.29, 0.717) is 0 Å². The van der Waals surface area contributed by atoms with Crippen LogP contribution in [0.4, 0.5) is 0 Å². The van der Waals surface area contributed by atoms with Gasteiger partial charge in [-0.3, -0.25) is 4.68 Å². The molecule has 1 rings (SSSR count). The molecule has 4 heteroatoms. The number of nitrogens with one attached hydrogen (secondary N) is 1. The molecule has 0 aromatic carbocycles. The summed E-state index contributed by atoms with van der Waals surface area (Å²) in [6.07, 6.45) is 4.56. The highest BCUT2D eigenvalue weighted by Crippen LogP contribution is 2.27. The topological polar surface area (TPSA) is 39.1 Å². The predicted molar refractivity (Wildman–Crippen MR) is 65.7 cm³/mol. The molecule has 0 bridgehead atoms. The molecule has 0 saturated heterocycles. The molecule has 90 valence electrons. The molecular weight excluding hydrogens is 202 g/mol. The van der Waals surface area contributed by atoms with Crippen LogP contribution >= 0.6 is 0 Å². The fourth-order valence-electron chi connectivity index (χ4n) is 1.84. The Morgan fingerprint density at radius 1 is 1.62 bits per heavy atom. The van der Waals surface area contributed by atoms with Crippen LogP contribution in [0.1, 0.15) is 32.0 Å². The predicted octanol–water partition coefficient (Wildman–Crippen LogP) is 2.14. The maximum Gasteiger partial charge on any atom is 0.161 e. The maximum absolute atomic E-state index is 5.34. The summed E-state index contributed by atoms with van der Waals surface area (Å²) >= 11 is 0. The van der Waals surface area contributed by atoms with Crippen LogP contribution in [0.3, 0.4) is 0 Å². The van der Waals surface area contributed by atoms with Gasteiger partial charge in [0.15, 0.2) is 5.75 Å². The van der Waals surface area contributed by atoms with Gasteiger partial charge in [0.05, 0.1) is 25.0 Å². The zero-order chi connectivity index (χ0) is 12.0. The van der Waals surface area contributed by atoms with Gasteiger partial charge in [-0.25, -0.2) is 0 Å². The van der Waals surface area contributed by atoms with Gasteiger partial charge < -0.3 is 10.1 Å². The Labute approximate surface area is 97.3 Å². The Hall–Kier alpha value is -1.29. The van der Waals surface area contributed by atoms with E-state index in [0.717, 1.165) is 31.0 Å². The van der Waals surface area contributed by atoms with Crippen molar-refractivity contribution in [3.05, 3.63) is 24.5 Å². The van der Waals surface area contributed by atoms with Crippen LogP contribution < -0.4 is 10.1 Å². The first-order valence-corrected chi connectivity index (χ1v) is 5.72. The van der Waals surface area contributed by atoms with Crippen LogP contribution in [0.5, 0.6) is 5.75 Å². The third-order valence-corrected chi connectivity index (χ3v) is 2.55. The Morgan fingerprint density at radius 2 is 2.38 bits per heavy atom. The summed E-state index contributed by atoms with van der Waals surface area (Å²) in [6.45, 7) is 9.72. The van der Waals surface area contributed by atoms with E-state index in [4.69, 9.17) is 4.74 Å². The fraction of sp³-hybridized carbons (Fsp3) is 0.583. The lowest BCUT2D eigenvalue weighted by atomic mass is 10.1. The molecule has 16 heavy (non-hydrogen) atoms. The highest BCUT2D eigenvalue weighted by atomic mass is 16.5. The number of rotatable bonds is 7. The molecule has 0 aliphatic rings. The summed E-state index contributed by atoms with van der Waals surface area (Å²) in [6, 6.07) is 0.222. The molecule has 4 nitrogen and oxygen atoms in total. The zero-order valence-electron chi connectivity index (χ0n) is 10.4. The second-order valence-electron chi connectivity index (χ2n) is 3.55. The van der Waals surface area contributed by atoms with E-state index in [1.807, 2.05) is 10.8 Å². The van der Waals surface area contributed by atoms with E-state index in [2.05, 4.69) is 30.8 Å². The SMILES string of the molecule is C=CCC(NCC)c1c(OC)cnn1CC. The van der Waals surface area contributed by atoms with Crippen LogP contribution in [-0.4, -0.2) is 23.4 Å². The molecule has 1 unspecified atom stereocenters. The Kier molecular flexibility index (Phi) is 5.05. The van der Waals surface area contributed by atoms with E-state index in [-0.39, 0.29) is 6.04 Å². The monoisotopic (exact) mass is 223 g/mol. The van der Waals surface area contributed by atoms with Gasteiger partial charge in [-0.1, -0.05) is 13.0 Å². The minimum absolute atomic E-state index is 0.222. The normalized spacial score (nSPS) is 12.4. The summed E-state index contributed by atoms with van der Waals surface area (Å²) < 4.78 is 7.31. The Balaban J connectivity index is 3.03. The number of hydrogen-bond donors (Lipinski definition) is 1. The Morgan fingerprint density at radius 3 is 2.88 bits per heavy atom. The number of hydrogen-bond acceptors (Lipinski definition) is 3. The quantitative estimate of drug-likeness (QED) is 0.720. The number of aromatic nitrogens is 2. The van der Waals surface area contributed by atoms with Gasteiger partial charge >= 0.3 is 0 Å². The molecule has 0 spiro atoms.